The van der Waals surface area contributed by atoms with Crippen LogP contribution in [0.25, 0.3) is 0 Å². The van der Waals surface area contributed by atoms with E-state index < -0.39 is 0 Å². The van der Waals surface area contributed by atoms with Crippen molar-refractivity contribution in [3.63, 3.8) is 0 Å². The number of anilines is 1. The van der Waals surface area contributed by atoms with Gasteiger partial charge in [0.05, 0.1) is 18.9 Å². The largest absolute Gasteiger partial charge is 0.390 e. The van der Waals surface area contributed by atoms with Gasteiger partial charge in [-0.15, -0.1) is 0 Å². The monoisotopic (exact) mass is 224 g/mol. The summed E-state index contributed by atoms with van der Waals surface area (Å²) in [6.45, 7) is 7.20. The van der Waals surface area contributed by atoms with Crippen molar-refractivity contribution >= 4 is 5.82 Å². The normalized spacial score (nSPS) is 10.4. The van der Waals surface area contributed by atoms with Crippen molar-refractivity contribution in [2.45, 2.75) is 20.5 Å². The van der Waals surface area contributed by atoms with Crippen molar-refractivity contribution in [2.24, 2.45) is 0 Å². The van der Waals surface area contributed by atoms with E-state index in [9.17, 15) is 0 Å². The summed E-state index contributed by atoms with van der Waals surface area (Å²) in [4.78, 5) is 6.50. The predicted molar refractivity (Wildman–Crippen MR) is 64.5 cm³/mol. The zero-order valence-corrected chi connectivity index (χ0v) is 10.0. The highest BCUT2D eigenvalue weighted by molar-refractivity contribution is 5.38. The SMILES string of the molecule is CCOCCN(CC)c1cccc(CO)n1. The lowest BCUT2D eigenvalue weighted by molar-refractivity contribution is 0.154. The highest BCUT2D eigenvalue weighted by atomic mass is 16.5. The summed E-state index contributed by atoms with van der Waals surface area (Å²) in [7, 11) is 0. The van der Waals surface area contributed by atoms with Gasteiger partial charge in [-0.3, -0.25) is 0 Å². The van der Waals surface area contributed by atoms with Crippen LogP contribution < -0.4 is 4.90 Å². The lowest BCUT2D eigenvalue weighted by Gasteiger charge is -2.22. The molecule has 90 valence electrons. The van der Waals surface area contributed by atoms with E-state index in [1.807, 2.05) is 25.1 Å². The molecule has 1 N–H and O–H groups in total. The number of hydrogen-bond donors (Lipinski definition) is 1. The Bertz CT molecular complexity index is 305. The van der Waals surface area contributed by atoms with Gasteiger partial charge in [-0.1, -0.05) is 6.07 Å². The zero-order valence-electron chi connectivity index (χ0n) is 10.0. The van der Waals surface area contributed by atoms with Crippen molar-refractivity contribution < 1.29 is 9.84 Å². The molecular formula is C12H20N2O2. The molecule has 0 saturated heterocycles. The van der Waals surface area contributed by atoms with Crippen LogP contribution in [-0.4, -0.2) is 36.4 Å². The quantitative estimate of drug-likeness (QED) is 0.712. The Kier molecular flexibility index (Phi) is 5.82. The highest BCUT2D eigenvalue weighted by Crippen LogP contribution is 2.10. The van der Waals surface area contributed by atoms with Crippen molar-refractivity contribution in [1.29, 1.82) is 0 Å². The van der Waals surface area contributed by atoms with Crippen molar-refractivity contribution in [2.75, 3.05) is 31.2 Å². The maximum absolute atomic E-state index is 9.02. The van der Waals surface area contributed by atoms with Crippen LogP contribution in [0.5, 0.6) is 0 Å². The number of likely N-dealkylation sites (N-methyl/N-ethyl adjacent to an activating group) is 1. The van der Waals surface area contributed by atoms with Crippen LogP contribution in [0.2, 0.25) is 0 Å². The number of hydrogen-bond acceptors (Lipinski definition) is 4. The van der Waals surface area contributed by atoms with Crippen molar-refractivity contribution in [3.05, 3.63) is 23.9 Å². The van der Waals surface area contributed by atoms with E-state index in [0.717, 1.165) is 25.5 Å². The first-order valence-corrected chi connectivity index (χ1v) is 5.71. The molecule has 1 heterocycles. The van der Waals surface area contributed by atoms with Gasteiger partial charge < -0.3 is 14.7 Å². The minimum Gasteiger partial charge on any atom is -0.390 e. The second-order valence-electron chi connectivity index (χ2n) is 3.42. The number of aliphatic hydroxyl groups is 1. The minimum atomic E-state index is -0.0170. The third kappa shape index (κ3) is 3.79. The van der Waals surface area contributed by atoms with Gasteiger partial charge in [-0.25, -0.2) is 4.98 Å². The standard InChI is InChI=1S/C12H20N2O2/c1-3-14(8-9-16-4-2)12-7-5-6-11(10-15)13-12/h5-7,15H,3-4,8-10H2,1-2H3. The second kappa shape index (κ2) is 7.19. The molecule has 4 nitrogen and oxygen atoms in total. The fourth-order valence-corrected chi connectivity index (χ4v) is 1.48. The molecular weight excluding hydrogens is 204 g/mol. The van der Waals surface area contributed by atoms with Crippen molar-refractivity contribution in [1.82, 2.24) is 4.98 Å². The smallest absolute Gasteiger partial charge is 0.128 e. The molecule has 16 heavy (non-hydrogen) atoms. The molecule has 0 aliphatic heterocycles. The van der Waals surface area contributed by atoms with Gasteiger partial charge in [0, 0.05) is 19.7 Å². The van der Waals surface area contributed by atoms with Gasteiger partial charge in [0.1, 0.15) is 5.82 Å². The van der Waals surface area contributed by atoms with Crippen LogP contribution >= 0.6 is 0 Å². The number of aromatic nitrogens is 1. The summed E-state index contributed by atoms with van der Waals surface area (Å²) in [5.41, 5.74) is 0.701. The molecule has 0 aliphatic carbocycles. The molecule has 0 atom stereocenters. The summed E-state index contributed by atoms with van der Waals surface area (Å²) in [5, 5.41) is 9.02. The van der Waals surface area contributed by atoms with Gasteiger partial charge >= 0.3 is 0 Å². The maximum Gasteiger partial charge on any atom is 0.128 e. The molecule has 4 heteroatoms. The van der Waals surface area contributed by atoms with E-state index in [2.05, 4.69) is 16.8 Å². The summed E-state index contributed by atoms with van der Waals surface area (Å²) in [6, 6.07) is 5.69. The molecule has 1 rings (SSSR count). The van der Waals surface area contributed by atoms with Crippen LogP contribution in [0, 0.1) is 0 Å². The molecule has 0 radical (unpaired) electrons. The highest BCUT2D eigenvalue weighted by Gasteiger charge is 2.05. The Morgan fingerprint density at radius 1 is 1.38 bits per heavy atom. The number of nitrogens with zero attached hydrogens (tertiary/aromatic N) is 2. The molecule has 0 fully saturated rings. The summed E-state index contributed by atoms with van der Waals surface area (Å²) < 4.78 is 5.33. The van der Waals surface area contributed by atoms with E-state index in [1.165, 1.54) is 0 Å². The first-order valence-electron chi connectivity index (χ1n) is 5.71. The number of pyridine rings is 1. The zero-order chi connectivity index (χ0) is 11.8. The Hall–Kier alpha value is -1.13. The van der Waals surface area contributed by atoms with E-state index in [0.29, 0.717) is 12.3 Å². The molecule has 0 spiro atoms. The summed E-state index contributed by atoms with van der Waals surface area (Å²) >= 11 is 0. The number of rotatable bonds is 7. The van der Waals surface area contributed by atoms with Gasteiger partial charge in [0.25, 0.3) is 0 Å². The maximum atomic E-state index is 9.02. The molecule has 0 saturated carbocycles. The first kappa shape index (κ1) is 12.9. The van der Waals surface area contributed by atoms with Crippen LogP contribution in [0.3, 0.4) is 0 Å². The van der Waals surface area contributed by atoms with Crippen molar-refractivity contribution in [3.8, 4) is 0 Å². The Morgan fingerprint density at radius 3 is 2.81 bits per heavy atom. The lowest BCUT2D eigenvalue weighted by atomic mass is 10.3. The van der Waals surface area contributed by atoms with E-state index in [1.54, 1.807) is 0 Å². The Labute approximate surface area is 96.9 Å². The van der Waals surface area contributed by atoms with E-state index in [4.69, 9.17) is 9.84 Å². The average molecular weight is 224 g/mol. The summed E-state index contributed by atoms with van der Waals surface area (Å²) in [5.74, 6) is 0.897. The lowest BCUT2D eigenvalue weighted by Crippen LogP contribution is -2.28. The number of ether oxygens (including phenoxy) is 1. The van der Waals surface area contributed by atoms with Crippen LogP contribution in [-0.2, 0) is 11.3 Å². The molecule has 1 aromatic heterocycles. The van der Waals surface area contributed by atoms with Gasteiger partial charge in [-0.05, 0) is 26.0 Å². The van der Waals surface area contributed by atoms with Gasteiger partial charge in [-0.2, -0.15) is 0 Å². The third-order valence-corrected chi connectivity index (χ3v) is 2.37. The summed E-state index contributed by atoms with van der Waals surface area (Å²) in [6.07, 6.45) is 0. The fourth-order valence-electron chi connectivity index (χ4n) is 1.48. The molecule has 0 aliphatic rings. The Balaban J connectivity index is 2.62. The molecule has 0 amide bonds. The predicted octanol–water partition coefficient (Wildman–Crippen LogP) is 1.44. The first-order chi connectivity index (χ1) is 7.81. The van der Waals surface area contributed by atoms with E-state index in [-0.39, 0.29) is 6.61 Å². The third-order valence-electron chi connectivity index (χ3n) is 2.37. The van der Waals surface area contributed by atoms with Crippen LogP contribution in [0.15, 0.2) is 18.2 Å². The topological polar surface area (TPSA) is 45.6 Å². The van der Waals surface area contributed by atoms with Gasteiger partial charge in [0.15, 0.2) is 0 Å². The molecule has 0 unspecified atom stereocenters. The molecule has 0 bridgehead atoms. The second-order valence-corrected chi connectivity index (χ2v) is 3.42. The van der Waals surface area contributed by atoms with E-state index >= 15 is 0 Å². The fraction of sp³-hybridized carbons (Fsp3) is 0.583. The number of aliphatic hydroxyl groups excluding tert-OH is 1. The van der Waals surface area contributed by atoms with Crippen LogP contribution in [0.1, 0.15) is 19.5 Å². The molecule has 1 aromatic rings. The van der Waals surface area contributed by atoms with Crippen LogP contribution in [0.4, 0.5) is 5.82 Å². The van der Waals surface area contributed by atoms with Gasteiger partial charge in [0.2, 0.25) is 0 Å². The minimum absolute atomic E-state index is 0.0170. The Morgan fingerprint density at radius 2 is 2.19 bits per heavy atom. The average Bonchev–Trinajstić information content (AvgIpc) is 2.35. The molecule has 0 aromatic carbocycles.